The molecule has 3 N–H and O–H groups in total. The second kappa shape index (κ2) is 3.70. The first-order chi connectivity index (χ1) is 6.04. The Bertz CT molecular complexity index is 343. The summed E-state index contributed by atoms with van der Waals surface area (Å²) in [4.78, 5) is 17.8. The summed E-state index contributed by atoms with van der Waals surface area (Å²) < 4.78 is 0. The van der Waals surface area contributed by atoms with Crippen LogP contribution >= 0.6 is 0 Å². The van der Waals surface area contributed by atoms with E-state index in [1.54, 1.807) is 6.92 Å². The van der Waals surface area contributed by atoms with E-state index in [0.717, 1.165) is 0 Å². The molecule has 0 saturated heterocycles. The first-order valence-corrected chi connectivity index (χ1v) is 4.33. The molecule has 1 atom stereocenters. The number of aromatic amines is 1. The molecule has 0 radical (unpaired) electrons. The average molecular weight is 181 g/mol. The zero-order valence-electron chi connectivity index (χ0n) is 8.16. The molecule has 4 nitrogen and oxygen atoms in total. The highest BCUT2D eigenvalue weighted by atomic mass is 16.1. The lowest BCUT2D eigenvalue weighted by atomic mass is 9.99. The van der Waals surface area contributed by atoms with E-state index in [0.29, 0.717) is 11.3 Å². The zero-order chi connectivity index (χ0) is 10.0. The van der Waals surface area contributed by atoms with Gasteiger partial charge in [-0.05, 0) is 12.8 Å². The third-order valence-electron chi connectivity index (χ3n) is 2.16. The summed E-state index contributed by atoms with van der Waals surface area (Å²) in [6, 6.07) is -0.165. The molecule has 0 aliphatic carbocycles. The van der Waals surface area contributed by atoms with Crippen LogP contribution in [0.3, 0.4) is 0 Å². The smallest absolute Gasteiger partial charge is 0.253 e. The molecule has 1 rings (SSSR count). The van der Waals surface area contributed by atoms with Crippen molar-refractivity contribution in [2.24, 2.45) is 11.7 Å². The molecule has 4 heteroatoms. The molecule has 1 aromatic heterocycles. The van der Waals surface area contributed by atoms with Gasteiger partial charge in [0.05, 0.1) is 12.0 Å². The average Bonchev–Trinajstić information content (AvgIpc) is 2.08. The van der Waals surface area contributed by atoms with Gasteiger partial charge in [-0.1, -0.05) is 13.8 Å². The van der Waals surface area contributed by atoms with Crippen molar-refractivity contribution in [2.75, 3.05) is 0 Å². The van der Waals surface area contributed by atoms with Crippen LogP contribution < -0.4 is 11.3 Å². The van der Waals surface area contributed by atoms with Crippen LogP contribution in [-0.4, -0.2) is 9.97 Å². The fraction of sp³-hybridized carbons (Fsp3) is 0.556. The molecule has 0 amide bonds. The Kier molecular flexibility index (Phi) is 2.83. The number of aromatic nitrogens is 2. The van der Waals surface area contributed by atoms with E-state index in [1.807, 2.05) is 13.8 Å². The molecule has 0 fully saturated rings. The highest BCUT2D eigenvalue weighted by Crippen LogP contribution is 2.16. The lowest BCUT2D eigenvalue weighted by Crippen LogP contribution is -2.23. The van der Waals surface area contributed by atoms with Gasteiger partial charge in [-0.2, -0.15) is 0 Å². The van der Waals surface area contributed by atoms with Crippen molar-refractivity contribution >= 4 is 0 Å². The Hall–Kier alpha value is -1.16. The number of hydrogen-bond donors (Lipinski definition) is 2. The van der Waals surface area contributed by atoms with Crippen LogP contribution in [-0.2, 0) is 0 Å². The van der Waals surface area contributed by atoms with Crippen molar-refractivity contribution in [2.45, 2.75) is 26.8 Å². The van der Waals surface area contributed by atoms with Crippen molar-refractivity contribution in [1.29, 1.82) is 0 Å². The third kappa shape index (κ3) is 1.95. The number of nitrogens with zero attached hydrogens (tertiary/aromatic N) is 1. The number of hydrogen-bond acceptors (Lipinski definition) is 3. The summed E-state index contributed by atoms with van der Waals surface area (Å²) in [5, 5.41) is 0. The lowest BCUT2D eigenvalue weighted by Gasteiger charge is -2.15. The number of rotatable bonds is 2. The van der Waals surface area contributed by atoms with Crippen molar-refractivity contribution in [3.63, 3.8) is 0 Å². The molecular weight excluding hydrogens is 166 g/mol. The normalized spacial score (nSPS) is 13.3. The number of nitrogens with one attached hydrogen (secondary N) is 1. The van der Waals surface area contributed by atoms with Gasteiger partial charge >= 0.3 is 0 Å². The second-order valence-electron chi connectivity index (χ2n) is 3.51. The Morgan fingerprint density at radius 2 is 2.15 bits per heavy atom. The zero-order valence-corrected chi connectivity index (χ0v) is 8.16. The Labute approximate surface area is 77.2 Å². The summed E-state index contributed by atoms with van der Waals surface area (Å²) in [5.41, 5.74) is 7.09. The van der Waals surface area contributed by atoms with Gasteiger partial charge in [0.25, 0.3) is 5.56 Å². The maximum atomic E-state index is 11.2. The van der Waals surface area contributed by atoms with Gasteiger partial charge in [0.2, 0.25) is 0 Å². The van der Waals surface area contributed by atoms with Crippen LogP contribution in [0.4, 0.5) is 0 Å². The molecule has 0 bridgehead atoms. The van der Waals surface area contributed by atoms with E-state index in [1.165, 1.54) is 6.33 Å². The molecule has 0 unspecified atom stereocenters. The SMILES string of the molecule is Cc1c([C@@H](N)C(C)C)nc[nH]c1=O. The topological polar surface area (TPSA) is 71.8 Å². The fourth-order valence-electron chi connectivity index (χ4n) is 1.13. The Morgan fingerprint density at radius 3 is 2.69 bits per heavy atom. The molecule has 0 aliphatic rings. The van der Waals surface area contributed by atoms with Crippen molar-refractivity contribution < 1.29 is 0 Å². The molecular formula is C9H15N3O. The minimum atomic E-state index is -0.165. The van der Waals surface area contributed by atoms with Gasteiger partial charge in [-0.15, -0.1) is 0 Å². The molecule has 0 spiro atoms. The van der Waals surface area contributed by atoms with Crippen LogP contribution in [0.2, 0.25) is 0 Å². The number of nitrogens with two attached hydrogens (primary N) is 1. The van der Waals surface area contributed by atoms with E-state index < -0.39 is 0 Å². The van der Waals surface area contributed by atoms with E-state index >= 15 is 0 Å². The van der Waals surface area contributed by atoms with Gasteiger partial charge in [0.15, 0.2) is 0 Å². The molecule has 13 heavy (non-hydrogen) atoms. The van der Waals surface area contributed by atoms with Crippen LogP contribution in [0.5, 0.6) is 0 Å². The quantitative estimate of drug-likeness (QED) is 0.706. The van der Waals surface area contributed by atoms with Gasteiger partial charge in [-0.3, -0.25) is 4.79 Å². The van der Waals surface area contributed by atoms with Crippen LogP contribution in [0.15, 0.2) is 11.1 Å². The maximum absolute atomic E-state index is 11.2. The molecule has 72 valence electrons. The van der Waals surface area contributed by atoms with E-state index in [-0.39, 0.29) is 17.5 Å². The van der Waals surface area contributed by atoms with Crippen molar-refractivity contribution in [3.8, 4) is 0 Å². The minimum absolute atomic E-state index is 0.110. The summed E-state index contributed by atoms with van der Waals surface area (Å²) in [5.74, 6) is 0.285. The molecule has 0 aliphatic heterocycles. The van der Waals surface area contributed by atoms with Crippen LogP contribution in [0.25, 0.3) is 0 Å². The standard InChI is InChI=1S/C9H15N3O/c1-5(2)7(10)8-6(3)9(13)12-4-11-8/h4-5,7H,10H2,1-3H3,(H,11,12,13)/t7-/m0/s1. The molecule has 0 aromatic carbocycles. The minimum Gasteiger partial charge on any atom is -0.322 e. The third-order valence-corrected chi connectivity index (χ3v) is 2.16. The second-order valence-corrected chi connectivity index (χ2v) is 3.51. The Morgan fingerprint density at radius 1 is 1.54 bits per heavy atom. The first kappa shape index (κ1) is 9.92. The summed E-state index contributed by atoms with van der Waals surface area (Å²) in [6.07, 6.45) is 1.40. The van der Waals surface area contributed by atoms with Gasteiger partial charge < -0.3 is 10.7 Å². The Balaban J connectivity index is 3.15. The fourth-order valence-corrected chi connectivity index (χ4v) is 1.13. The lowest BCUT2D eigenvalue weighted by molar-refractivity contribution is 0.499. The van der Waals surface area contributed by atoms with E-state index in [9.17, 15) is 4.79 Å². The molecule has 0 saturated carbocycles. The predicted octanol–water partition coefficient (Wildman–Crippen LogP) is 0.734. The largest absolute Gasteiger partial charge is 0.322 e. The summed E-state index contributed by atoms with van der Waals surface area (Å²) in [7, 11) is 0. The van der Waals surface area contributed by atoms with Crippen molar-refractivity contribution in [3.05, 3.63) is 27.9 Å². The highest BCUT2D eigenvalue weighted by Gasteiger charge is 2.15. The molecule has 1 aromatic rings. The van der Waals surface area contributed by atoms with E-state index in [4.69, 9.17) is 5.73 Å². The number of H-pyrrole nitrogens is 1. The van der Waals surface area contributed by atoms with Gasteiger partial charge in [0, 0.05) is 11.6 Å². The summed E-state index contributed by atoms with van der Waals surface area (Å²) in [6.45, 7) is 5.75. The van der Waals surface area contributed by atoms with Crippen LogP contribution in [0.1, 0.15) is 31.1 Å². The summed E-state index contributed by atoms with van der Waals surface area (Å²) >= 11 is 0. The maximum Gasteiger partial charge on any atom is 0.253 e. The van der Waals surface area contributed by atoms with Gasteiger partial charge in [0.1, 0.15) is 0 Å². The van der Waals surface area contributed by atoms with Gasteiger partial charge in [-0.25, -0.2) is 4.98 Å². The monoisotopic (exact) mass is 181 g/mol. The first-order valence-electron chi connectivity index (χ1n) is 4.33. The predicted molar refractivity (Wildman–Crippen MR) is 51.4 cm³/mol. The molecule has 1 heterocycles. The highest BCUT2D eigenvalue weighted by molar-refractivity contribution is 5.17. The van der Waals surface area contributed by atoms with Crippen molar-refractivity contribution in [1.82, 2.24) is 9.97 Å². The van der Waals surface area contributed by atoms with E-state index in [2.05, 4.69) is 9.97 Å². The van der Waals surface area contributed by atoms with Crippen LogP contribution in [0, 0.1) is 12.8 Å².